The van der Waals surface area contributed by atoms with Crippen molar-refractivity contribution in [2.75, 3.05) is 13.6 Å². The second-order valence-corrected chi connectivity index (χ2v) is 3.65. The van der Waals surface area contributed by atoms with E-state index in [-0.39, 0.29) is 25.3 Å². The third-order valence-electron chi connectivity index (χ3n) is 2.21. The van der Waals surface area contributed by atoms with E-state index in [2.05, 4.69) is 0 Å². The summed E-state index contributed by atoms with van der Waals surface area (Å²) in [6.45, 7) is 2.02. The minimum Gasteiger partial charge on any atom is -0.481 e. The molecule has 1 amide bonds. The molecule has 0 atom stereocenters. The molecule has 1 aromatic heterocycles. The van der Waals surface area contributed by atoms with E-state index in [4.69, 9.17) is 9.52 Å². The molecule has 1 rings (SSSR count). The summed E-state index contributed by atoms with van der Waals surface area (Å²) >= 11 is 0. The Morgan fingerprint density at radius 2 is 2.12 bits per heavy atom. The molecular formula is C11H15NO4. The van der Waals surface area contributed by atoms with Gasteiger partial charge >= 0.3 is 5.97 Å². The molecule has 0 fully saturated rings. The third kappa shape index (κ3) is 3.76. The Bertz CT molecular complexity index is 383. The number of carbonyl (C=O) groups excluding carboxylic acids is 1. The van der Waals surface area contributed by atoms with Crippen LogP contribution in [0.1, 0.15) is 17.9 Å². The first-order chi connectivity index (χ1) is 7.49. The molecule has 0 saturated carbocycles. The number of amides is 1. The van der Waals surface area contributed by atoms with Crippen molar-refractivity contribution >= 4 is 11.9 Å². The summed E-state index contributed by atoms with van der Waals surface area (Å²) in [5.41, 5.74) is 0. The second kappa shape index (κ2) is 5.34. The van der Waals surface area contributed by atoms with Gasteiger partial charge in [0.1, 0.15) is 11.5 Å². The van der Waals surface area contributed by atoms with Crippen LogP contribution >= 0.6 is 0 Å². The van der Waals surface area contributed by atoms with E-state index < -0.39 is 5.97 Å². The number of carbonyl (C=O) groups is 2. The van der Waals surface area contributed by atoms with E-state index in [0.717, 1.165) is 5.76 Å². The summed E-state index contributed by atoms with van der Waals surface area (Å²) in [7, 11) is 1.58. The summed E-state index contributed by atoms with van der Waals surface area (Å²) in [5, 5.41) is 8.48. The number of carboxylic acid groups (broad SMARTS) is 1. The number of aliphatic carboxylic acids is 1. The topological polar surface area (TPSA) is 70.8 Å². The highest BCUT2D eigenvalue weighted by atomic mass is 16.4. The fourth-order valence-corrected chi connectivity index (χ4v) is 1.25. The summed E-state index contributed by atoms with van der Waals surface area (Å²) in [6.07, 6.45) is 0.128. The smallest absolute Gasteiger partial charge is 0.305 e. The molecule has 0 radical (unpaired) electrons. The number of furan rings is 1. The highest BCUT2D eigenvalue weighted by Crippen LogP contribution is 2.08. The minimum atomic E-state index is -0.909. The first-order valence-electron chi connectivity index (χ1n) is 5.00. The zero-order chi connectivity index (χ0) is 12.1. The van der Waals surface area contributed by atoms with Gasteiger partial charge in [-0.3, -0.25) is 9.59 Å². The van der Waals surface area contributed by atoms with Crippen LogP contribution in [0.25, 0.3) is 0 Å². The highest BCUT2D eigenvalue weighted by molar-refractivity contribution is 5.78. The molecular weight excluding hydrogens is 210 g/mol. The fourth-order valence-electron chi connectivity index (χ4n) is 1.25. The van der Waals surface area contributed by atoms with E-state index in [9.17, 15) is 9.59 Å². The number of likely N-dealkylation sites (N-methyl/N-ethyl adjacent to an activating group) is 1. The molecule has 16 heavy (non-hydrogen) atoms. The molecule has 0 aliphatic rings. The zero-order valence-corrected chi connectivity index (χ0v) is 9.40. The SMILES string of the molecule is Cc1ccc(CC(=O)N(C)CCC(=O)O)o1. The molecule has 5 nitrogen and oxygen atoms in total. The molecule has 1 aromatic rings. The maximum atomic E-state index is 11.6. The predicted molar refractivity (Wildman–Crippen MR) is 57.0 cm³/mol. The monoisotopic (exact) mass is 225 g/mol. The summed E-state index contributed by atoms with van der Waals surface area (Å²) < 4.78 is 5.27. The van der Waals surface area contributed by atoms with Crippen LogP contribution in [0, 0.1) is 6.92 Å². The van der Waals surface area contributed by atoms with Gasteiger partial charge in [0.15, 0.2) is 0 Å². The molecule has 0 spiro atoms. The largest absolute Gasteiger partial charge is 0.481 e. The van der Waals surface area contributed by atoms with Gasteiger partial charge < -0.3 is 14.4 Å². The van der Waals surface area contributed by atoms with Crippen molar-refractivity contribution in [3.05, 3.63) is 23.7 Å². The number of carboxylic acids is 1. The van der Waals surface area contributed by atoms with Crippen LogP contribution in [0.2, 0.25) is 0 Å². The lowest BCUT2D eigenvalue weighted by Crippen LogP contribution is -2.30. The first-order valence-corrected chi connectivity index (χ1v) is 5.00. The van der Waals surface area contributed by atoms with E-state index in [1.165, 1.54) is 4.90 Å². The minimum absolute atomic E-state index is 0.0422. The summed E-state index contributed by atoms with van der Waals surface area (Å²) in [6, 6.07) is 3.54. The number of hydrogen-bond acceptors (Lipinski definition) is 3. The van der Waals surface area contributed by atoms with Crippen molar-refractivity contribution in [1.82, 2.24) is 4.90 Å². The van der Waals surface area contributed by atoms with Gasteiger partial charge in [-0.2, -0.15) is 0 Å². The van der Waals surface area contributed by atoms with Crippen molar-refractivity contribution in [2.45, 2.75) is 19.8 Å². The van der Waals surface area contributed by atoms with Crippen LogP contribution in [-0.2, 0) is 16.0 Å². The number of hydrogen-bond donors (Lipinski definition) is 1. The van der Waals surface area contributed by atoms with E-state index in [0.29, 0.717) is 5.76 Å². The van der Waals surface area contributed by atoms with Gasteiger partial charge in [0, 0.05) is 13.6 Å². The van der Waals surface area contributed by atoms with Gasteiger partial charge in [0.2, 0.25) is 5.91 Å². The van der Waals surface area contributed by atoms with Crippen molar-refractivity contribution < 1.29 is 19.1 Å². The molecule has 0 aromatic carbocycles. The van der Waals surface area contributed by atoms with Crippen LogP contribution in [-0.4, -0.2) is 35.5 Å². The Morgan fingerprint density at radius 3 is 2.62 bits per heavy atom. The third-order valence-corrected chi connectivity index (χ3v) is 2.21. The Balaban J connectivity index is 2.42. The molecule has 0 aliphatic carbocycles. The Hall–Kier alpha value is -1.78. The van der Waals surface area contributed by atoms with Crippen molar-refractivity contribution in [3.63, 3.8) is 0 Å². The summed E-state index contributed by atoms with van der Waals surface area (Å²) in [5.74, 6) is 0.310. The van der Waals surface area contributed by atoms with Crippen LogP contribution in [0.3, 0.4) is 0 Å². The lowest BCUT2D eigenvalue weighted by atomic mass is 10.3. The van der Waals surface area contributed by atoms with Crippen LogP contribution in [0.5, 0.6) is 0 Å². The molecule has 0 saturated heterocycles. The molecule has 1 heterocycles. The molecule has 0 bridgehead atoms. The van der Waals surface area contributed by atoms with E-state index in [1.807, 2.05) is 6.92 Å². The lowest BCUT2D eigenvalue weighted by Gasteiger charge is -2.14. The van der Waals surface area contributed by atoms with Crippen LogP contribution in [0.4, 0.5) is 0 Å². The fraction of sp³-hybridized carbons (Fsp3) is 0.455. The standard InChI is InChI=1S/C11H15NO4/c1-8-3-4-9(16-8)7-10(13)12(2)6-5-11(14)15/h3-4H,5-7H2,1-2H3,(H,14,15). The van der Waals surface area contributed by atoms with Crippen molar-refractivity contribution in [3.8, 4) is 0 Å². The van der Waals surface area contributed by atoms with Crippen molar-refractivity contribution in [2.24, 2.45) is 0 Å². The maximum absolute atomic E-state index is 11.6. The Kier molecular flexibility index (Phi) is 4.10. The molecule has 88 valence electrons. The van der Waals surface area contributed by atoms with Crippen molar-refractivity contribution in [1.29, 1.82) is 0 Å². The number of aryl methyl sites for hydroxylation is 1. The normalized spacial score (nSPS) is 10.1. The summed E-state index contributed by atoms with van der Waals surface area (Å²) in [4.78, 5) is 23.3. The van der Waals surface area contributed by atoms with E-state index >= 15 is 0 Å². The average Bonchev–Trinajstić information content (AvgIpc) is 2.60. The van der Waals surface area contributed by atoms with Crippen LogP contribution in [0.15, 0.2) is 16.5 Å². The van der Waals surface area contributed by atoms with Gasteiger partial charge in [-0.05, 0) is 19.1 Å². The van der Waals surface area contributed by atoms with Gasteiger partial charge in [0.25, 0.3) is 0 Å². The van der Waals surface area contributed by atoms with Gasteiger partial charge in [-0.25, -0.2) is 0 Å². The molecule has 5 heteroatoms. The van der Waals surface area contributed by atoms with Gasteiger partial charge in [-0.15, -0.1) is 0 Å². The average molecular weight is 225 g/mol. The number of nitrogens with zero attached hydrogens (tertiary/aromatic N) is 1. The second-order valence-electron chi connectivity index (χ2n) is 3.65. The van der Waals surface area contributed by atoms with E-state index in [1.54, 1.807) is 19.2 Å². The molecule has 1 N–H and O–H groups in total. The lowest BCUT2D eigenvalue weighted by molar-refractivity contribution is -0.138. The molecule has 0 aliphatic heterocycles. The Morgan fingerprint density at radius 1 is 1.44 bits per heavy atom. The quantitative estimate of drug-likeness (QED) is 0.813. The zero-order valence-electron chi connectivity index (χ0n) is 9.40. The van der Waals surface area contributed by atoms with Gasteiger partial charge in [0.05, 0.1) is 12.8 Å². The van der Waals surface area contributed by atoms with Crippen LogP contribution < -0.4 is 0 Å². The first kappa shape index (κ1) is 12.3. The number of rotatable bonds is 5. The Labute approximate surface area is 93.7 Å². The highest BCUT2D eigenvalue weighted by Gasteiger charge is 2.12. The van der Waals surface area contributed by atoms with Gasteiger partial charge in [-0.1, -0.05) is 0 Å². The predicted octanol–water partition coefficient (Wildman–Crippen LogP) is 1.06. The molecule has 0 unspecified atom stereocenters. The maximum Gasteiger partial charge on any atom is 0.305 e.